The molecular formula is C14H15BrClN3O. The maximum Gasteiger partial charge on any atom is 0.220 e. The second-order valence-corrected chi connectivity index (χ2v) is 6.31. The highest BCUT2D eigenvalue weighted by molar-refractivity contribution is 9.10. The standard InChI is InChI=1S/C14H15BrClN3O/c15-9-1-3-12-11(7-9)18-13(5-6-16)19(12)8-10-2-4-14(20)17-10/h1,3,7,10H,2,4-6,8H2,(H,17,20). The van der Waals surface area contributed by atoms with Gasteiger partial charge in [0, 0.05) is 35.8 Å². The number of imidazole rings is 1. The molecule has 0 saturated carbocycles. The smallest absolute Gasteiger partial charge is 0.220 e. The van der Waals surface area contributed by atoms with Gasteiger partial charge in [-0.3, -0.25) is 4.79 Å². The van der Waals surface area contributed by atoms with Gasteiger partial charge < -0.3 is 9.88 Å². The first-order valence-corrected chi connectivity index (χ1v) is 8.00. The first kappa shape index (κ1) is 13.9. The van der Waals surface area contributed by atoms with Gasteiger partial charge in [-0.1, -0.05) is 15.9 Å². The predicted octanol–water partition coefficient (Wildman–Crippen LogP) is 2.86. The molecule has 6 heteroatoms. The molecule has 1 saturated heterocycles. The van der Waals surface area contributed by atoms with E-state index in [1.54, 1.807) is 0 Å². The summed E-state index contributed by atoms with van der Waals surface area (Å²) < 4.78 is 3.20. The van der Waals surface area contributed by atoms with Crippen LogP contribution in [0, 0.1) is 0 Å². The maximum atomic E-state index is 11.3. The number of nitrogens with one attached hydrogen (secondary N) is 1. The van der Waals surface area contributed by atoms with Crippen molar-refractivity contribution in [2.24, 2.45) is 0 Å². The Hall–Kier alpha value is -1.07. The fourth-order valence-electron chi connectivity index (χ4n) is 2.67. The summed E-state index contributed by atoms with van der Waals surface area (Å²) in [5.41, 5.74) is 2.05. The lowest BCUT2D eigenvalue weighted by Crippen LogP contribution is -2.30. The number of rotatable bonds is 4. The van der Waals surface area contributed by atoms with Gasteiger partial charge in [-0.05, 0) is 24.6 Å². The molecule has 0 bridgehead atoms. The van der Waals surface area contributed by atoms with Crippen LogP contribution in [0.15, 0.2) is 22.7 Å². The summed E-state index contributed by atoms with van der Waals surface area (Å²) in [6, 6.07) is 6.27. The lowest BCUT2D eigenvalue weighted by Gasteiger charge is -2.14. The van der Waals surface area contributed by atoms with Crippen molar-refractivity contribution in [3.8, 4) is 0 Å². The van der Waals surface area contributed by atoms with Crippen molar-refractivity contribution in [2.75, 3.05) is 5.88 Å². The number of nitrogens with zero attached hydrogens (tertiary/aromatic N) is 2. The Morgan fingerprint density at radius 2 is 2.35 bits per heavy atom. The Morgan fingerprint density at radius 1 is 1.50 bits per heavy atom. The molecule has 2 aromatic rings. The van der Waals surface area contributed by atoms with Crippen LogP contribution in [-0.4, -0.2) is 27.4 Å². The molecule has 3 rings (SSSR count). The highest BCUT2D eigenvalue weighted by Crippen LogP contribution is 2.23. The van der Waals surface area contributed by atoms with Crippen LogP contribution in [-0.2, 0) is 17.8 Å². The number of amides is 1. The maximum absolute atomic E-state index is 11.3. The van der Waals surface area contributed by atoms with E-state index in [-0.39, 0.29) is 11.9 Å². The molecule has 1 aliphatic rings. The number of alkyl halides is 1. The molecule has 1 aliphatic heterocycles. The highest BCUT2D eigenvalue weighted by Gasteiger charge is 2.23. The van der Waals surface area contributed by atoms with Crippen LogP contribution in [0.3, 0.4) is 0 Å². The topological polar surface area (TPSA) is 46.9 Å². The van der Waals surface area contributed by atoms with Crippen LogP contribution < -0.4 is 5.32 Å². The molecule has 1 aromatic heterocycles. The number of aromatic nitrogens is 2. The molecule has 20 heavy (non-hydrogen) atoms. The van der Waals surface area contributed by atoms with Crippen LogP contribution in [0.4, 0.5) is 0 Å². The molecule has 0 aliphatic carbocycles. The number of benzene rings is 1. The zero-order valence-corrected chi connectivity index (χ0v) is 13.2. The van der Waals surface area contributed by atoms with Crippen molar-refractivity contribution in [2.45, 2.75) is 31.8 Å². The molecule has 1 amide bonds. The molecule has 1 atom stereocenters. The van der Waals surface area contributed by atoms with Gasteiger partial charge in [0.25, 0.3) is 0 Å². The normalized spacial score (nSPS) is 18.7. The number of carbonyl (C=O) groups excluding carboxylic acids is 1. The van der Waals surface area contributed by atoms with E-state index in [0.29, 0.717) is 12.3 Å². The number of aryl methyl sites for hydroxylation is 1. The van der Waals surface area contributed by atoms with Gasteiger partial charge in [-0.15, -0.1) is 11.6 Å². The molecule has 0 spiro atoms. The summed E-state index contributed by atoms with van der Waals surface area (Å²) in [7, 11) is 0. The van der Waals surface area contributed by atoms with Crippen molar-refractivity contribution < 1.29 is 4.79 Å². The quantitative estimate of drug-likeness (QED) is 0.856. The van der Waals surface area contributed by atoms with Crippen molar-refractivity contribution in [1.82, 2.24) is 14.9 Å². The van der Waals surface area contributed by atoms with Gasteiger partial charge in [0.1, 0.15) is 5.82 Å². The Balaban J connectivity index is 1.97. The summed E-state index contributed by atoms with van der Waals surface area (Å²) in [5.74, 6) is 1.66. The number of hydrogen-bond acceptors (Lipinski definition) is 2. The van der Waals surface area contributed by atoms with Crippen LogP contribution in [0.2, 0.25) is 0 Å². The molecular weight excluding hydrogens is 342 g/mol. The van der Waals surface area contributed by atoms with Crippen molar-refractivity contribution in [3.63, 3.8) is 0 Å². The van der Waals surface area contributed by atoms with E-state index >= 15 is 0 Å². The fraction of sp³-hybridized carbons (Fsp3) is 0.429. The predicted molar refractivity (Wildman–Crippen MR) is 83.0 cm³/mol. The second kappa shape index (κ2) is 5.74. The third kappa shape index (κ3) is 2.69. The van der Waals surface area contributed by atoms with E-state index in [4.69, 9.17) is 11.6 Å². The minimum atomic E-state index is 0.140. The summed E-state index contributed by atoms with van der Waals surface area (Å²) in [4.78, 5) is 16.0. The lowest BCUT2D eigenvalue weighted by molar-refractivity contribution is -0.119. The third-order valence-corrected chi connectivity index (χ3v) is 4.28. The van der Waals surface area contributed by atoms with Gasteiger partial charge in [0.2, 0.25) is 5.91 Å². The summed E-state index contributed by atoms with van der Waals surface area (Å²) in [6.45, 7) is 0.760. The zero-order valence-electron chi connectivity index (χ0n) is 10.9. The van der Waals surface area contributed by atoms with E-state index in [1.165, 1.54) is 0 Å². The van der Waals surface area contributed by atoms with E-state index in [2.05, 4.69) is 36.9 Å². The Morgan fingerprint density at radius 3 is 3.05 bits per heavy atom. The van der Waals surface area contributed by atoms with Crippen LogP contribution >= 0.6 is 27.5 Å². The molecule has 1 unspecified atom stereocenters. The summed E-state index contributed by atoms with van der Waals surface area (Å²) >= 11 is 9.34. The second-order valence-electron chi connectivity index (χ2n) is 5.01. The Kier molecular flexibility index (Phi) is 3.98. The Bertz CT molecular complexity index is 655. The average molecular weight is 357 g/mol. The van der Waals surface area contributed by atoms with E-state index in [1.807, 2.05) is 12.1 Å². The largest absolute Gasteiger partial charge is 0.352 e. The summed E-state index contributed by atoms with van der Waals surface area (Å²) in [5, 5.41) is 3.01. The molecule has 106 valence electrons. The first-order chi connectivity index (χ1) is 9.67. The van der Waals surface area contributed by atoms with Gasteiger partial charge in [-0.2, -0.15) is 0 Å². The van der Waals surface area contributed by atoms with Gasteiger partial charge in [0.15, 0.2) is 0 Å². The monoisotopic (exact) mass is 355 g/mol. The SMILES string of the molecule is O=C1CCC(Cn2c(CCCl)nc3cc(Br)ccc32)N1. The van der Waals surface area contributed by atoms with Gasteiger partial charge >= 0.3 is 0 Å². The van der Waals surface area contributed by atoms with E-state index < -0.39 is 0 Å². The number of carbonyl (C=O) groups is 1. The lowest BCUT2D eigenvalue weighted by atomic mass is 10.2. The van der Waals surface area contributed by atoms with Crippen molar-refractivity contribution >= 4 is 44.5 Å². The average Bonchev–Trinajstić information content (AvgIpc) is 2.95. The molecule has 4 nitrogen and oxygen atoms in total. The zero-order chi connectivity index (χ0) is 14.1. The van der Waals surface area contributed by atoms with E-state index in [0.717, 1.165) is 40.7 Å². The van der Waals surface area contributed by atoms with Crippen molar-refractivity contribution in [1.29, 1.82) is 0 Å². The van der Waals surface area contributed by atoms with E-state index in [9.17, 15) is 4.79 Å². The molecule has 1 aromatic carbocycles. The Labute approximate surface area is 130 Å². The number of halogens is 2. The molecule has 1 N–H and O–H groups in total. The first-order valence-electron chi connectivity index (χ1n) is 6.67. The molecule has 1 fully saturated rings. The number of fused-ring (bicyclic) bond motifs is 1. The number of hydrogen-bond donors (Lipinski definition) is 1. The van der Waals surface area contributed by atoms with Crippen molar-refractivity contribution in [3.05, 3.63) is 28.5 Å². The molecule has 0 radical (unpaired) electrons. The molecule has 2 heterocycles. The van der Waals surface area contributed by atoms with Crippen LogP contribution in [0.1, 0.15) is 18.7 Å². The minimum absolute atomic E-state index is 0.140. The fourth-order valence-corrected chi connectivity index (χ4v) is 3.18. The van der Waals surface area contributed by atoms with Gasteiger partial charge in [0.05, 0.1) is 11.0 Å². The summed E-state index contributed by atoms with van der Waals surface area (Å²) in [6.07, 6.45) is 2.23. The highest BCUT2D eigenvalue weighted by atomic mass is 79.9. The van der Waals surface area contributed by atoms with Crippen LogP contribution in [0.5, 0.6) is 0 Å². The third-order valence-electron chi connectivity index (χ3n) is 3.60. The minimum Gasteiger partial charge on any atom is -0.352 e. The van der Waals surface area contributed by atoms with Crippen LogP contribution in [0.25, 0.3) is 11.0 Å². The van der Waals surface area contributed by atoms with Gasteiger partial charge in [-0.25, -0.2) is 4.98 Å².